The molecule has 24 heavy (non-hydrogen) atoms. The molecule has 2 rings (SSSR count). The Labute approximate surface area is 134 Å². The van der Waals surface area contributed by atoms with Gasteiger partial charge in [0.15, 0.2) is 5.69 Å². The lowest BCUT2D eigenvalue weighted by Gasteiger charge is -2.27. The summed E-state index contributed by atoms with van der Waals surface area (Å²) in [6, 6.07) is 2.68. The maximum Gasteiger partial charge on any atom is 0.433 e. The topological polar surface area (TPSA) is 33.2 Å². The van der Waals surface area contributed by atoms with Gasteiger partial charge in [-0.1, -0.05) is 12.1 Å². The number of nitrogens with zero attached hydrogens (tertiary/aromatic N) is 2. The minimum Gasteiger partial charge on any atom is -0.339 e. The summed E-state index contributed by atoms with van der Waals surface area (Å²) in [6.45, 7) is 0.0624. The van der Waals surface area contributed by atoms with Crippen LogP contribution >= 0.6 is 0 Å². The minimum absolute atomic E-state index is 0.0157. The van der Waals surface area contributed by atoms with Crippen molar-refractivity contribution in [1.29, 1.82) is 0 Å². The molecular formula is C15H14F6N2O. The second kappa shape index (κ2) is 6.82. The number of pyridine rings is 1. The van der Waals surface area contributed by atoms with Crippen LogP contribution in [0.1, 0.15) is 30.5 Å². The normalized spacial score (nSPS) is 16.1. The molecule has 0 spiro atoms. The third-order valence-electron chi connectivity index (χ3n) is 3.61. The van der Waals surface area contributed by atoms with Gasteiger partial charge < -0.3 is 4.90 Å². The molecule has 1 aliphatic heterocycles. The SMILES string of the molecule is O=C(CCC(F)(F)F)N1CC=C(c2cccnc2C(F)(F)F)CC1. The molecule has 3 nitrogen and oxygen atoms in total. The zero-order valence-electron chi connectivity index (χ0n) is 12.4. The van der Waals surface area contributed by atoms with Crippen molar-refractivity contribution in [3.05, 3.63) is 35.7 Å². The highest BCUT2D eigenvalue weighted by atomic mass is 19.4. The second-order valence-electron chi connectivity index (χ2n) is 5.33. The molecule has 0 aliphatic carbocycles. The predicted octanol–water partition coefficient (Wildman–Crippen LogP) is 4.06. The van der Waals surface area contributed by atoms with Crippen LogP contribution in [-0.4, -0.2) is 35.1 Å². The quantitative estimate of drug-likeness (QED) is 0.769. The van der Waals surface area contributed by atoms with Crippen LogP contribution in [-0.2, 0) is 11.0 Å². The fourth-order valence-corrected chi connectivity index (χ4v) is 2.44. The van der Waals surface area contributed by atoms with Gasteiger partial charge in [-0.2, -0.15) is 26.3 Å². The first-order valence-electron chi connectivity index (χ1n) is 7.14. The molecule has 1 aromatic heterocycles. The van der Waals surface area contributed by atoms with Crippen LogP contribution in [0, 0.1) is 0 Å². The third kappa shape index (κ3) is 4.72. The van der Waals surface area contributed by atoms with Crippen LogP contribution in [0.3, 0.4) is 0 Å². The van der Waals surface area contributed by atoms with Crippen molar-refractivity contribution in [3.8, 4) is 0 Å². The number of carbonyl (C=O) groups excluding carboxylic acids is 1. The maximum atomic E-state index is 13.0. The van der Waals surface area contributed by atoms with Crippen LogP contribution < -0.4 is 0 Å². The molecule has 1 aromatic rings. The van der Waals surface area contributed by atoms with Crippen molar-refractivity contribution < 1.29 is 31.1 Å². The Balaban J connectivity index is 2.08. The Morgan fingerprint density at radius 3 is 2.46 bits per heavy atom. The monoisotopic (exact) mass is 352 g/mol. The summed E-state index contributed by atoms with van der Waals surface area (Å²) in [4.78, 5) is 16.3. The fraction of sp³-hybridized carbons (Fsp3) is 0.467. The summed E-state index contributed by atoms with van der Waals surface area (Å²) in [7, 11) is 0. The van der Waals surface area contributed by atoms with E-state index in [1.807, 2.05) is 0 Å². The van der Waals surface area contributed by atoms with Crippen molar-refractivity contribution in [2.75, 3.05) is 13.1 Å². The number of aromatic nitrogens is 1. The average Bonchev–Trinajstić information content (AvgIpc) is 2.51. The first kappa shape index (κ1) is 18.3. The third-order valence-corrected chi connectivity index (χ3v) is 3.61. The minimum atomic E-state index is -4.60. The van der Waals surface area contributed by atoms with Gasteiger partial charge in [-0.25, -0.2) is 0 Å². The van der Waals surface area contributed by atoms with Crippen LogP contribution in [0.2, 0.25) is 0 Å². The zero-order valence-corrected chi connectivity index (χ0v) is 12.4. The van der Waals surface area contributed by atoms with E-state index in [1.165, 1.54) is 23.1 Å². The molecule has 0 fully saturated rings. The van der Waals surface area contributed by atoms with Gasteiger partial charge in [0.1, 0.15) is 0 Å². The lowest BCUT2D eigenvalue weighted by Crippen LogP contribution is -2.35. The molecular weight excluding hydrogens is 338 g/mol. The summed E-state index contributed by atoms with van der Waals surface area (Å²) >= 11 is 0. The van der Waals surface area contributed by atoms with Crippen molar-refractivity contribution >= 4 is 11.5 Å². The molecule has 0 N–H and O–H groups in total. The van der Waals surface area contributed by atoms with Crippen LogP contribution in [0.15, 0.2) is 24.4 Å². The van der Waals surface area contributed by atoms with E-state index in [0.29, 0.717) is 5.57 Å². The Morgan fingerprint density at radius 1 is 1.21 bits per heavy atom. The van der Waals surface area contributed by atoms with Crippen molar-refractivity contribution in [2.24, 2.45) is 0 Å². The van der Waals surface area contributed by atoms with Crippen molar-refractivity contribution in [1.82, 2.24) is 9.88 Å². The van der Waals surface area contributed by atoms with Gasteiger partial charge >= 0.3 is 12.4 Å². The molecule has 1 amide bonds. The number of hydrogen-bond donors (Lipinski definition) is 0. The maximum absolute atomic E-state index is 13.0. The van der Waals surface area contributed by atoms with E-state index in [-0.39, 0.29) is 25.1 Å². The van der Waals surface area contributed by atoms with E-state index in [0.717, 1.165) is 6.20 Å². The molecule has 0 radical (unpaired) electrons. The highest BCUT2D eigenvalue weighted by Crippen LogP contribution is 2.35. The Hall–Kier alpha value is -2.06. The van der Waals surface area contributed by atoms with E-state index < -0.39 is 36.8 Å². The van der Waals surface area contributed by atoms with Gasteiger partial charge in [-0.05, 0) is 18.1 Å². The first-order valence-corrected chi connectivity index (χ1v) is 7.14. The van der Waals surface area contributed by atoms with Gasteiger partial charge in [0.05, 0.1) is 6.42 Å². The predicted molar refractivity (Wildman–Crippen MR) is 73.7 cm³/mol. The van der Waals surface area contributed by atoms with Crippen molar-refractivity contribution in [3.63, 3.8) is 0 Å². The van der Waals surface area contributed by atoms with Gasteiger partial charge in [0, 0.05) is 31.3 Å². The van der Waals surface area contributed by atoms with Crippen LogP contribution in [0.25, 0.3) is 5.57 Å². The number of hydrogen-bond acceptors (Lipinski definition) is 2. The standard InChI is InChI=1S/C15H14F6N2O/c16-14(17,18)6-3-12(24)23-8-4-10(5-9-23)11-2-1-7-22-13(11)15(19,20)21/h1-2,4,7H,3,5-6,8-9H2. The van der Waals surface area contributed by atoms with Gasteiger partial charge in [0.2, 0.25) is 5.91 Å². The van der Waals surface area contributed by atoms with Crippen LogP contribution in [0.4, 0.5) is 26.3 Å². The first-order chi connectivity index (χ1) is 11.1. The number of halogens is 6. The molecule has 0 aromatic carbocycles. The van der Waals surface area contributed by atoms with Crippen molar-refractivity contribution in [2.45, 2.75) is 31.6 Å². The fourth-order valence-electron chi connectivity index (χ4n) is 2.44. The molecule has 0 atom stereocenters. The molecule has 132 valence electrons. The number of carbonyl (C=O) groups is 1. The Morgan fingerprint density at radius 2 is 1.92 bits per heavy atom. The molecule has 0 saturated heterocycles. The van der Waals surface area contributed by atoms with E-state index in [2.05, 4.69) is 4.98 Å². The van der Waals surface area contributed by atoms with E-state index in [4.69, 9.17) is 0 Å². The average molecular weight is 352 g/mol. The van der Waals surface area contributed by atoms with Gasteiger partial charge in [0.25, 0.3) is 0 Å². The van der Waals surface area contributed by atoms with Crippen LogP contribution in [0.5, 0.6) is 0 Å². The lowest BCUT2D eigenvalue weighted by atomic mass is 9.97. The summed E-state index contributed by atoms with van der Waals surface area (Å²) in [5.74, 6) is -0.662. The zero-order chi connectivity index (χ0) is 18.0. The summed E-state index contributed by atoms with van der Waals surface area (Å²) < 4.78 is 75.3. The molecule has 0 bridgehead atoms. The molecule has 0 saturated carbocycles. The molecule has 9 heteroatoms. The molecule has 2 heterocycles. The van der Waals surface area contributed by atoms with E-state index >= 15 is 0 Å². The largest absolute Gasteiger partial charge is 0.433 e. The lowest BCUT2D eigenvalue weighted by molar-refractivity contribution is -0.148. The molecule has 0 unspecified atom stereocenters. The van der Waals surface area contributed by atoms with Gasteiger partial charge in [-0.15, -0.1) is 0 Å². The highest BCUT2D eigenvalue weighted by Gasteiger charge is 2.36. The Kier molecular flexibility index (Phi) is 5.19. The van der Waals surface area contributed by atoms with Gasteiger partial charge in [-0.3, -0.25) is 9.78 Å². The molecule has 1 aliphatic rings. The number of rotatable bonds is 3. The van der Waals surface area contributed by atoms with E-state index in [1.54, 1.807) is 0 Å². The summed E-state index contributed by atoms with van der Waals surface area (Å²) in [5.41, 5.74) is -0.684. The smallest absolute Gasteiger partial charge is 0.339 e. The number of amides is 1. The number of alkyl halides is 6. The Bertz CT molecular complexity index is 636. The second-order valence-corrected chi connectivity index (χ2v) is 5.33. The summed E-state index contributed by atoms with van der Waals surface area (Å²) in [6.07, 6.45) is -8.27. The van der Waals surface area contributed by atoms with E-state index in [9.17, 15) is 31.1 Å². The highest BCUT2D eigenvalue weighted by molar-refractivity contribution is 5.78. The summed E-state index contributed by atoms with van der Waals surface area (Å²) in [5, 5.41) is 0.